The minimum Gasteiger partial charge on any atom is -0.497 e. The third-order valence-electron chi connectivity index (χ3n) is 3.76. The Kier molecular flexibility index (Phi) is 4.25. The summed E-state index contributed by atoms with van der Waals surface area (Å²) in [5.41, 5.74) is 6.87. The van der Waals surface area contributed by atoms with Gasteiger partial charge >= 0.3 is 0 Å². The zero-order chi connectivity index (χ0) is 16.2. The van der Waals surface area contributed by atoms with Crippen molar-refractivity contribution in [3.63, 3.8) is 0 Å². The number of ether oxygens (including phenoxy) is 1. The molecular formula is C17H17N3O3. The van der Waals surface area contributed by atoms with Crippen molar-refractivity contribution in [2.75, 3.05) is 7.11 Å². The van der Waals surface area contributed by atoms with Crippen molar-refractivity contribution in [3.05, 3.63) is 65.7 Å². The number of benzene rings is 2. The Morgan fingerprint density at radius 2 is 1.78 bits per heavy atom. The number of hydrogen-bond acceptors (Lipinski definition) is 4. The van der Waals surface area contributed by atoms with Gasteiger partial charge in [0.2, 0.25) is 0 Å². The van der Waals surface area contributed by atoms with Gasteiger partial charge in [0.05, 0.1) is 13.2 Å². The predicted octanol–water partition coefficient (Wildman–Crippen LogP) is 1.17. The van der Waals surface area contributed by atoms with Crippen LogP contribution < -0.4 is 20.9 Å². The molecule has 3 rings (SSSR count). The number of carbonyl (C=O) groups excluding carboxylic acids is 2. The molecule has 23 heavy (non-hydrogen) atoms. The number of hydrazine groups is 1. The average Bonchev–Trinajstić information content (AvgIpc) is 2.96. The second kappa shape index (κ2) is 6.50. The number of carbonyl (C=O) groups is 2. The second-order valence-corrected chi connectivity index (χ2v) is 5.20. The van der Waals surface area contributed by atoms with Crippen molar-refractivity contribution >= 4 is 11.8 Å². The summed E-state index contributed by atoms with van der Waals surface area (Å²) in [5.74, 6) is 0.0992. The summed E-state index contributed by atoms with van der Waals surface area (Å²) in [6.45, 7) is 0. The summed E-state index contributed by atoms with van der Waals surface area (Å²) >= 11 is 0. The molecule has 2 aromatic rings. The zero-order valence-electron chi connectivity index (χ0n) is 12.6. The molecule has 1 heterocycles. The molecule has 6 nitrogen and oxygen atoms in total. The Hall–Kier alpha value is -2.86. The van der Waals surface area contributed by atoms with Gasteiger partial charge < -0.3 is 10.1 Å². The molecule has 0 bridgehead atoms. The van der Waals surface area contributed by atoms with E-state index in [1.807, 2.05) is 30.3 Å². The molecule has 3 N–H and O–H groups in total. The highest BCUT2D eigenvalue weighted by Gasteiger charge is 2.36. The van der Waals surface area contributed by atoms with Gasteiger partial charge in [0, 0.05) is 5.56 Å². The van der Waals surface area contributed by atoms with E-state index in [9.17, 15) is 9.59 Å². The maximum absolute atomic E-state index is 12.4. The first-order valence-corrected chi connectivity index (χ1v) is 7.24. The van der Waals surface area contributed by atoms with E-state index < -0.39 is 6.04 Å². The molecule has 1 saturated heterocycles. The van der Waals surface area contributed by atoms with Crippen LogP contribution in [-0.2, 0) is 4.79 Å². The third kappa shape index (κ3) is 3.17. The molecule has 1 fully saturated rings. The highest BCUT2D eigenvalue weighted by atomic mass is 16.5. The first kappa shape index (κ1) is 15.1. The lowest BCUT2D eigenvalue weighted by Gasteiger charge is -2.18. The Balaban J connectivity index is 1.76. The fourth-order valence-corrected chi connectivity index (χ4v) is 2.51. The van der Waals surface area contributed by atoms with Crippen molar-refractivity contribution < 1.29 is 14.3 Å². The van der Waals surface area contributed by atoms with Crippen LogP contribution in [0, 0.1) is 0 Å². The molecule has 0 aromatic heterocycles. The number of methoxy groups -OCH3 is 1. The molecule has 2 amide bonds. The molecule has 0 radical (unpaired) electrons. The topological polar surface area (TPSA) is 79.5 Å². The first-order valence-electron chi connectivity index (χ1n) is 7.24. The Bertz CT molecular complexity index is 701. The van der Waals surface area contributed by atoms with Gasteiger partial charge in [-0.25, -0.2) is 5.43 Å². The summed E-state index contributed by atoms with van der Waals surface area (Å²) in [6.07, 6.45) is 0. The van der Waals surface area contributed by atoms with Crippen LogP contribution >= 0.6 is 0 Å². The van der Waals surface area contributed by atoms with Gasteiger partial charge in [-0.2, -0.15) is 0 Å². The standard InChI is InChI=1S/C17H17N3O3/c1-23-13-9-7-12(8-10-13)16(21)18-15-14(19-20-17(15)22)11-5-3-2-4-6-11/h2-10,14-15,19H,1H3,(H,18,21)(H,20,22)/t14-,15+/m0/s1. The second-order valence-electron chi connectivity index (χ2n) is 5.20. The van der Waals surface area contributed by atoms with Crippen LogP contribution in [0.2, 0.25) is 0 Å². The van der Waals surface area contributed by atoms with Crippen LogP contribution in [0.25, 0.3) is 0 Å². The summed E-state index contributed by atoms with van der Waals surface area (Å²) in [4.78, 5) is 24.4. The van der Waals surface area contributed by atoms with E-state index in [1.165, 1.54) is 0 Å². The Morgan fingerprint density at radius 3 is 2.43 bits per heavy atom. The number of hydrogen-bond donors (Lipinski definition) is 3. The molecule has 2 atom stereocenters. The smallest absolute Gasteiger partial charge is 0.258 e. The molecule has 0 saturated carbocycles. The van der Waals surface area contributed by atoms with Crippen LogP contribution in [0.15, 0.2) is 54.6 Å². The highest BCUT2D eigenvalue weighted by molar-refractivity contribution is 5.98. The van der Waals surface area contributed by atoms with Gasteiger partial charge in [-0.1, -0.05) is 30.3 Å². The molecule has 1 aliphatic rings. The average molecular weight is 311 g/mol. The Labute approximate surface area is 133 Å². The summed E-state index contributed by atoms with van der Waals surface area (Å²) in [5, 5.41) is 2.78. The number of amides is 2. The lowest BCUT2D eigenvalue weighted by molar-refractivity contribution is -0.121. The molecule has 0 unspecified atom stereocenters. The van der Waals surface area contributed by atoms with Gasteiger partial charge in [-0.3, -0.25) is 15.0 Å². The van der Waals surface area contributed by atoms with Crippen LogP contribution in [0.4, 0.5) is 0 Å². The van der Waals surface area contributed by atoms with E-state index >= 15 is 0 Å². The zero-order valence-corrected chi connectivity index (χ0v) is 12.6. The lowest BCUT2D eigenvalue weighted by atomic mass is 10.0. The van der Waals surface area contributed by atoms with E-state index in [-0.39, 0.29) is 17.9 Å². The molecular weight excluding hydrogens is 294 g/mol. The molecule has 0 spiro atoms. The van der Waals surface area contributed by atoms with Crippen LogP contribution in [0.5, 0.6) is 5.75 Å². The van der Waals surface area contributed by atoms with Crippen molar-refractivity contribution in [1.82, 2.24) is 16.2 Å². The third-order valence-corrected chi connectivity index (χ3v) is 3.76. The maximum atomic E-state index is 12.4. The molecule has 0 aliphatic carbocycles. The van der Waals surface area contributed by atoms with E-state index in [2.05, 4.69) is 16.2 Å². The minimum absolute atomic E-state index is 0.263. The van der Waals surface area contributed by atoms with E-state index in [0.717, 1.165) is 5.56 Å². The SMILES string of the molecule is COc1ccc(C(=O)N[C@H]2C(=O)NN[C@H]2c2ccccc2)cc1. The van der Waals surface area contributed by atoms with Crippen molar-refractivity contribution in [1.29, 1.82) is 0 Å². The van der Waals surface area contributed by atoms with Gasteiger partial charge in [0.25, 0.3) is 11.8 Å². The van der Waals surface area contributed by atoms with Crippen molar-refractivity contribution in [2.45, 2.75) is 12.1 Å². The predicted molar refractivity (Wildman–Crippen MR) is 84.7 cm³/mol. The molecule has 6 heteroatoms. The minimum atomic E-state index is -0.674. The summed E-state index contributed by atoms with van der Waals surface area (Å²) in [7, 11) is 1.56. The van der Waals surface area contributed by atoms with Gasteiger partial charge in [0.1, 0.15) is 11.8 Å². The number of rotatable bonds is 4. The normalized spacial score (nSPS) is 20.0. The lowest BCUT2D eigenvalue weighted by Crippen LogP contribution is -2.42. The van der Waals surface area contributed by atoms with Gasteiger partial charge in [-0.15, -0.1) is 0 Å². The number of nitrogens with one attached hydrogen (secondary N) is 3. The van der Waals surface area contributed by atoms with Crippen LogP contribution in [0.1, 0.15) is 22.0 Å². The fraction of sp³-hybridized carbons (Fsp3) is 0.176. The first-order chi connectivity index (χ1) is 11.2. The molecule has 2 aromatic carbocycles. The van der Waals surface area contributed by atoms with Crippen LogP contribution in [-0.4, -0.2) is 25.0 Å². The van der Waals surface area contributed by atoms with E-state index in [0.29, 0.717) is 11.3 Å². The molecule has 118 valence electrons. The quantitative estimate of drug-likeness (QED) is 0.792. The van der Waals surface area contributed by atoms with Gasteiger partial charge in [0.15, 0.2) is 0 Å². The monoisotopic (exact) mass is 311 g/mol. The molecule has 1 aliphatic heterocycles. The van der Waals surface area contributed by atoms with Gasteiger partial charge in [-0.05, 0) is 29.8 Å². The van der Waals surface area contributed by atoms with Crippen LogP contribution in [0.3, 0.4) is 0 Å². The Morgan fingerprint density at radius 1 is 1.09 bits per heavy atom. The summed E-state index contributed by atoms with van der Waals surface area (Å²) in [6, 6.07) is 15.2. The highest BCUT2D eigenvalue weighted by Crippen LogP contribution is 2.20. The fourth-order valence-electron chi connectivity index (χ4n) is 2.51. The van der Waals surface area contributed by atoms with E-state index in [1.54, 1.807) is 31.4 Å². The maximum Gasteiger partial charge on any atom is 0.258 e. The van der Waals surface area contributed by atoms with Crippen molar-refractivity contribution in [2.24, 2.45) is 0 Å². The largest absolute Gasteiger partial charge is 0.497 e. The van der Waals surface area contributed by atoms with Crippen molar-refractivity contribution in [3.8, 4) is 5.75 Å². The van der Waals surface area contributed by atoms with E-state index in [4.69, 9.17) is 4.74 Å². The summed E-state index contributed by atoms with van der Waals surface area (Å²) < 4.78 is 5.07.